The van der Waals surface area contributed by atoms with Crippen molar-refractivity contribution >= 4 is 43.2 Å². The number of hydrogen-bond donors (Lipinski definition) is 0. The SMILES string of the molecule is Cc1ncsc1CCC(CBr)(CBr)C1CCCC1. The van der Waals surface area contributed by atoms with Crippen molar-refractivity contribution in [1.82, 2.24) is 4.98 Å². The summed E-state index contributed by atoms with van der Waals surface area (Å²) in [6.45, 7) is 2.13. The Labute approximate surface area is 131 Å². The third-order valence-electron chi connectivity index (χ3n) is 4.45. The van der Waals surface area contributed by atoms with Crippen molar-refractivity contribution in [3.05, 3.63) is 16.1 Å². The normalized spacial score (nSPS) is 17.5. The van der Waals surface area contributed by atoms with Crippen molar-refractivity contribution in [1.29, 1.82) is 0 Å². The molecule has 1 aliphatic carbocycles. The van der Waals surface area contributed by atoms with Gasteiger partial charge in [-0.1, -0.05) is 44.7 Å². The van der Waals surface area contributed by atoms with E-state index in [0.29, 0.717) is 5.41 Å². The van der Waals surface area contributed by atoms with Crippen LogP contribution in [0.5, 0.6) is 0 Å². The van der Waals surface area contributed by atoms with Crippen LogP contribution in [-0.2, 0) is 6.42 Å². The fraction of sp³-hybridized carbons (Fsp3) is 0.786. The van der Waals surface area contributed by atoms with Gasteiger partial charge in [0.05, 0.1) is 11.2 Å². The van der Waals surface area contributed by atoms with E-state index in [0.717, 1.165) is 16.6 Å². The van der Waals surface area contributed by atoms with Gasteiger partial charge in [-0.25, -0.2) is 4.98 Å². The lowest BCUT2D eigenvalue weighted by atomic mass is 9.74. The molecule has 1 aromatic rings. The lowest BCUT2D eigenvalue weighted by Gasteiger charge is -2.36. The Morgan fingerprint density at radius 2 is 2.00 bits per heavy atom. The Kier molecular flexibility index (Phi) is 5.70. The highest BCUT2D eigenvalue weighted by Crippen LogP contribution is 2.45. The molecule has 4 heteroatoms. The monoisotopic (exact) mass is 393 g/mol. The standard InChI is InChI=1S/C14H21Br2NS/c1-11-13(18-10-17-11)6-7-14(8-15,9-16)12-4-2-3-5-12/h10,12H,2-9H2,1H3. The maximum absolute atomic E-state index is 4.36. The van der Waals surface area contributed by atoms with Gasteiger partial charge in [0, 0.05) is 15.5 Å². The molecule has 1 nitrogen and oxygen atoms in total. The average molecular weight is 395 g/mol. The minimum absolute atomic E-state index is 0.437. The molecule has 1 aromatic heterocycles. The zero-order valence-electron chi connectivity index (χ0n) is 10.9. The number of thiazole rings is 1. The molecule has 0 saturated heterocycles. The molecule has 102 valence electrons. The van der Waals surface area contributed by atoms with Gasteiger partial charge in [-0.15, -0.1) is 11.3 Å². The second-order valence-electron chi connectivity index (χ2n) is 5.47. The van der Waals surface area contributed by atoms with E-state index in [-0.39, 0.29) is 0 Å². The van der Waals surface area contributed by atoms with E-state index >= 15 is 0 Å². The lowest BCUT2D eigenvalue weighted by molar-refractivity contribution is 0.217. The van der Waals surface area contributed by atoms with Gasteiger partial charge in [0.1, 0.15) is 0 Å². The first-order chi connectivity index (χ1) is 8.72. The smallest absolute Gasteiger partial charge is 0.0797 e. The minimum atomic E-state index is 0.437. The van der Waals surface area contributed by atoms with Crippen LogP contribution in [0.3, 0.4) is 0 Å². The maximum atomic E-state index is 4.36. The molecule has 0 unspecified atom stereocenters. The zero-order chi connectivity index (χ0) is 13.0. The van der Waals surface area contributed by atoms with Crippen molar-refractivity contribution in [3.63, 3.8) is 0 Å². The van der Waals surface area contributed by atoms with E-state index < -0.39 is 0 Å². The molecule has 0 bridgehead atoms. The molecule has 0 spiro atoms. The van der Waals surface area contributed by atoms with Gasteiger partial charge in [-0.05, 0) is 43.9 Å². The van der Waals surface area contributed by atoms with Crippen LogP contribution in [0.1, 0.15) is 42.7 Å². The molecule has 0 aromatic carbocycles. The first kappa shape index (κ1) is 15.0. The predicted octanol–water partition coefficient (Wildman–Crippen LogP) is 5.35. The molecule has 0 atom stereocenters. The lowest BCUT2D eigenvalue weighted by Crippen LogP contribution is -2.33. The number of nitrogens with zero attached hydrogens (tertiary/aromatic N) is 1. The number of alkyl halides is 2. The molecular weight excluding hydrogens is 374 g/mol. The first-order valence-electron chi connectivity index (χ1n) is 6.73. The summed E-state index contributed by atoms with van der Waals surface area (Å²) in [6, 6.07) is 0. The minimum Gasteiger partial charge on any atom is -0.250 e. The van der Waals surface area contributed by atoms with Gasteiger partial charge in [0.15, 0.2) is 0 Å². The van der Waals surface area contributed by atoms with Gasteiger partial charge < -0.3 is 0 Å². The van der Waals surface area contributed by atoms with Crippen LogP contribution in [0, 0.1) is 18.3 Å². The molecule has 1 fully saturated rings. The van der Waals surface area contributed by atoms with Crippen molar-refractivity contribution in [3.8, 4) is 0 Å². The topological polar surface area (TPSA) is 12.9 Å². The number of aromatic nitrogens is 1. The Bertz CT molecular complexity index is 368. The number of halogens is 2. The maximum Gasteiger partial charge on any atom is 0.0797 e. The summed E-state index contributed by atoms with van der Waals surface area (Å²) in [4.78, 5) is 5.83. The van der Waals surface area contributed by atoms with Gasteiger partial charge in [0.2, 0.25) is 0 Å². The highest BCUT2D eigenvalue weighted by atomic mass is 79.9. The summed E-state index contributed by atoms with van der Waals surface area (Å²) in [5.74, 6) is 0.893. The highest BCUT2D eigenvalue weighted by molar-refractivity contribution is 9.09. The molecule has 0 radical (unpaired) electrons. The Hall–Kier alpha value is 0.590. The second-order valence-corrected chi connectivity index (χ2v) is 7.53. The van der Waals surface area contributed by atoms with E-state index in [9.17, 15) is 0 Å². The summed E-state index contributed by atoms with van der Waals surface area (Å²) < 4.78 is 0. The number of aryl methyl sites for hydroxylation is 2. The molecule has 1 saturated carbocycles. The highest BCUT2D eigenvalue weighted by Gasteiger charge is 2.38. The average Bonchev–Trinajstić information content (AvgIpc) is 3.04. The molecule has 0 aliphatic heterocycles. The van der Waals surface area contributed by atoms with Gasteiger partial charge in [-0.2, -0.15) is 0 Å². The van der Waals surface area contributed by atoms with Gasteiger partial charge in [-0.3, -0.25) is 0 Å². The van der Waals surface area contributed by atoms with E-state index in [2.05, 4.69) is 43.8 Å². The van der Waals surface area contributed by atoms with Crippen LogP contribution in [0.25, 0.3) is 0 Å². The van der Waals surface area contributed by atoms with Crippen molar-refractivity contribution < 1.29 is 0 Å². The summed E-state index contributed by atoms with van der Waals surface area (Å²) in [6.07, 6.45) is 8.14. The van der Waals surface area contributed by atoms with E-state index in [1.54, 1.807) is 0 Å². The summed E-state index contributed by atoms with van der Waals surface area (Å²) >= 11 is 9.38. The van der Waals surface area contributed by atoms with Crippen molar-refractivity contribution in [2.45, 2.75) is 45.4 Å². The molecule has 2 rings (SSSR count). The Balaban J connectivity index is 2.03. The third kappa shape index (κ3) is 3.18. The summed E-state index contributed by atoms with van der Waals surface area (Å²) in [5.41, 5.74) is 3.64. The van der Waals surface area contributed by atoms with Crippen molar-refractivity contribution in [2.75, 3.05) is 10.7 Å². The number of hydrogen-bond acceptors (Lipinski definition) is 2. The van der Waals surface area contributed by atoms with Crippen LogP contribution >= 0.6 is 43.2 Å². The summed E-state index contributed by atoms with van der Waals surface area (Å²) in [5, 5.41) is 2.24. The van der Waals surface area contributed by atoms with E-state index in [4.69, 9.17) is 0 Å². The van der Waals surface area contributed by atoms with Crippen molar-refractivity contribution in [2.24, 2.45) is 11.3 Å². The largest absolute Gasteiger partial charge is 0.250 e. The predicted molar refractivity (Wildman–Crippen MR) is 87.2 cm³/mol. The van der Waals surface area contributed by atoms with Gasteiger partial charge >= 0.3 is 0 Å². The zero-order valence-corrected chi connectivity index (χ0v) is 14.9. The van der Waals surface area contributed by atoms with E-state index in [1.807, 2.05) is 16.8 Å². The summed E-state index contributed by atoms with van der Waals surface area (Å²) in [7, 11) is 0. The fourth-order valence-corrected chi connectivity index (χ4v) is 6.24. The third-order valence-corrected chi connectivity index (χ3v) is 7.68. The molecule has 1 heterocycles. The molecular formula is C14H21Br2NS. The van der Waals surface area contributed by atoms with Crippen LogP contribution in [0.15, 0.2) is 5.51 Å². The van der Waals surface area contributed by atoms with Gasteiger partial charge in [0.25, 0.3) is 0 Å². The second kappa shape index (κ2) is 6.85. The quantitative estimate of drug-likeness (QED) is 0.592. The van der Waals surface area contributed by atoms with Crippen LogP contribution in [0.4, 0.5) is 0 Å². The number of rotatable bonds is 6. The van der Waals surface area contributed by atoms with Crippen LogP contribution < -0.4 is 0 Å². The molecule has 0 amide bonds. The van der Waals surface area contributed by atoms with E-state index in [1.165, 1.54) is 49.1 Å². The first-order valence-corrected chi connectivity index (χ1v) is 9.85. The van der Waals surface area contributed by atoms with Crippen LogP contribution in [-0.4, -0.2) is 15.6 Å². The Morgan fingerprint density at radius 1 is 1.33 bits per heavy atom. The Morgan fingerprint density at radius 3 is 2.50 bits per heavy atom. The molecule has 18 heavy (non-hydrogen) atoms. The van der Waals surface area contributed by atoms with Crippen LogP contribution in [0.2, 0.25) is 0 Å². The molecule has 0 N–H and O–H groups in total. The molecule has 1 aliphatic rings. The fourth-order valence-electron chi connectivity index (χ4n) is 3.06.